The molecule has 4 nitrogen and oxygen atoms in total. The molecule has 1 aliphatic rings. The number of benzene rings is 1. The zero-order chi connectivity index (χ0) is 11.0. The topological polar surface area (TPSA) is 55.2 Å². The first kappa shape index (κ1) is 10.1. The van der Waals surface area contributed by atoms with E-state index in [4.69, 9.17) is 0 Å². The summed E-state index contributed by atoms with van der Waals surface area (Å²) < 4.78 is 0. The van der Waals surface area contributed by atoms with Gasteiger partial charge in [0, 0.05) is 24.2 Å². The molecule has 0 fully saturated rings. The Bertz CT molecular complexity index is 415. The van der Waals surface area contributed by atoms with Crippen molar-refractivity contribution >= 4 is 5.69 Å². The Kier molecular flexibility index (Phi) is 2.44. The van der Waals surface area contributed by atoms with E-state index in [1.165, 1.54) is 0 Å². The molecule has 1 atom stereocenters. The number of nitrogens with one attached hydrogen (secondary N) is 1. The van der Waals surface area contributed by atoms with Crippen LogP contribution in [0.3, 0.4) is 0 Å². The Morgan fingerprint density at radius 2 is 2.27 bits per heavy atom. The highest BCUT2D eigenvalue weighted by Gasteiger charge is 2.25. The number of aryl methyl sites for hydroxylation is 1. The molecular formula is C11H14N2O2. The minimum atomic E-state index is -0.281. The predicted molar refractivity (Wildman–Crippen MR) is 58.0 cm³/mol. The summed E-state index contributed by atoms with van der Waals surface area (Å²) in [5.41, 5.74) is 3.42. The van der Waals surface area contributed by atoms with Crippen LogP contribution in [0.1, 0.15) is 29.7 Å². The standard InChI is InChI=1S/C11H14N2O2/c1-7-3-4-10(13(14)15)9-5-6-12-8(2)11(7)9/h3-4,8,12H,5-6H2,1-2H3. The first-order valence-corrected chi connectivity index (χ1v) is 5.11. The van der Waals surface area contributed by atoms with E-state index in [-0.39, 0.29) is 16.7 Å². The molecule has 1 aromatic carbocycles. The average Bonchev–Trinajstić information content (AvgIpc) is 2.17. The maximum atomic E-state index is 10.9. The summed E-state index contributed by atoms with van der Waals surface area (Å²) in [4.78, 5) is 10.6. The van der Waals surface area contributed by atoms with E-state index in [1.54, 1.807) is 6.07 Å². The predicted octanol–water partition coefficient (Wildman–Crippen LogP) is 2.11. The molecule has 2 rings (SSSR count). The highest BCUT2D eigenvalue weighted by Crippen LogP contribution is 2.32. The van der Waals surface area contributed by atoms with Gasteiger partial charge in [0.15, 0.2) is 0 Å². The van der Waals surface area contributed by atoms with E-state index in [1.807, 2.05) is 13.0 Å². The van der Waals surface area contributed by atoms with Crippen molar-refractivity contribution in [2.45, 2.75) is 26.3 Å². The number of hydrogen-bond donors (Lipinski definition) is 1. The summed E-state index contributed by atoms with van der Waals surface area (Å²) in [6, 6.07) is 3.67. The van der Waals surface area contributed by atoms with Gasteiger partial charge in [-0.25, -0.2) is 0 Å². The lowest BCUT2D eigenvalue weighted by molar-refractivity contribution is -0.385. The summed E-state index contributed by atoms with van der Waals surface area (Å²) in [7, 11) is 0. The maximum Gasteiger partial charge on any atom is 0.272 e. The Morgan fingerprint density at radius 3 is 2.93 bits per heavy atom. The largest absolute Gasteiger partial charge is 0.310 e. The van der Waals surface area contributed by atoms with Crippen molar-refractivity contribution in [1.82, 2.24) is 5.32 Å². The highest BCUT2D eigenvalue weighted by molar-refractivity contribution is 5.51. The van der Waals surface area contributed by atoms with Gasteiger partial charge < -0.3 is 5.32 Å². The van der Waals surface area contributed by atoms with Crippen LogP contribution in [0.2, 0.25) is 0 Å². The van der Waals surface area contributed by atoms with Crippen LogP contribution in [0.5, 0.6) is 0 Å². The van der Waals surface area contributed by atoms with Gasteiger partial charge in [0.2, 0.25) is 0 Å². The van der Waals surface area contributed by atoms with Gasteiger partial charge in [0.1, 0.15) is 0 Å². The third-order valence-electron chi connectivity index (χ3n) is 3.01. The maximum absolute atomic E-state index is 10.9. The molecule has 1 N–H and O–H groups in total. The van der Waals surface area contributed by atoms with Crippen LogP contribution in [0.25, 0.3) is 0 Å². The van der Waals surface area contributed by atoms with Crippen LogP contribution >= 0.6 is 0 Å². The number of rotatable bonds is 1. The van der Waals surface area contributed by atoms with Crippen LogP contribution in [0.4, 0.5) is 5.69 Å². The molecule has 1 aliphatic heterocycles. The zero-order valence-electron chi connectivity index (χ0n) is 8.91. The Hall–Kier alpha value is -1.42. The number of fused-ring (bicyclic) bond motifs is 1. The van der Waals surface area contributed by atoms with Crippen molar-refractivity contribution in [3.8, 4) is 0 Å². The highest BCUT2D eigenvalue weighted by atomic mass is 16.6. The first-order valence-electron chi connectivity index (χ1n) is 5.11. The monoisotopic (exact) mass is 206 g/mol. The van der Waals surface area contributed by atoms with E-state index in [0.29, 0.717) is 0 Å². The number of nitrogens with zero attached hydrogens (tertiary/aromatic N) is 1. The lowest BCUT2D eigenvalue weighted by Gasteiger charge is -2.25. The number of nitro benzene ring substituents is 1. The van der Waals surface area contributed by atoms with Crippen molar-refractivity contribution in [3.63, 3.8) is 0 Å². The normalized spacial score (nSPS) is 19.7. The molecule has 0 amide bonds. The van der Waals surface area contributed by atoms with Gasteiger partial charge in [0.25, 0.3) is 5.69 Å². The summed E-state index contributed by atoms with van der Waals surface area (Å²) in [5.74, 6) is 0. The van der Waals surface area contributed by atoms with E-state index >= 15 is 0 Å². The average molecular weight is 206 g/mol. The second kappa shape index (κ2) is 3.62. The third kappa shape index (κ3) is 1.61. The molecule has 0 spiro atoms. The van der Waals surface area contributed by atoms with Crippen molar-refractivity contribution in [1.29, 1.82) is 0 Å². The van der Waals surface area contributed by atoms with Crippen molar-refractivity contribution in [2.24, 2.45) is 0 Å². The molecular weight excluding hydrogens is 192 g/mol. The van der Waals surface area contributed by atoms with Crippen molar-refractivity contribution in [3.05, 3.63) is 38.9 Å². The van der Waals surface area contributed by atoms with Gasteiger partial charge in [-0.3, -0.25) is 10.1 Å². The smallest absolute Gasteiger partial charge is 0.272 e. The minimum absolute atomic E-state index is 0.216. The summed E-state index contributed by atoms with van der Waals surface area (Å²) in [6.45, 7) is 4.87. The van der Waals surface area contributed by atoms with Gasteiger partial charge in [-0.2, -0.15) is 0 Å². The molecule has 1 aromatic rings. The molecule has 1 heterocycles. The molecule has 0 saturated heterocycles. The van der Waals surface area contributed by atoms with Crippen LogP contribution in [-0.4, -0.2) is 11.5 Å². The molecule has 1 unspecified atom stereocenters. The molecule has 4 heteroatoms. The van der Waals surface area contributed by atoms with Gasteiger partial charge in [0.05, 0.1) is 4.92 Å². The van der Waals surface area contributed by atoms with Crippen LogP contribution in [0.15, 0.2) is 12.1 Å². The van der Waals surface area contributed by atoms with E-state index in [2.05, 4.69) is 12.2 Å². The zero-order valence-corrected chi connectivity index (χ0v) is 8.91. The molecule has 15 heavy (non-hydrogen) atoms. The summed E-state index contributed by atoms with van der Waals surface area (Å²) in [5, 5.41) is 14.2. The molecule has 0 bridgehead atoms. The SMILES string of the molecule is Cc1ccc([N+](=O)[O-])c2c1C(C)NCC2. The molecule has 80 valence electrons. The quantitative estimate of drug-likeness (QED) is 0.565. The third-order valence-corrected chi connectivity index (χ3v) is 3.01. The molecule has 0 aromatic heterocycles. The first-order chi connectivity index (χ1) is 7.11. The fourth-order valence-electron chi connectivity index (χ4n) is 2.32. The number of hydrogen-bond acceptors (Lipinski definition) is 3. The Morgan fingerprint density at radius 1 is 1.53 bits per heavy atom. The Labute approximate surface area is 88.5 Å². The molecule has 0 aliphatic carbocycles. The van der Waals surface area contributed by atoms with Gasteiger partial charge in [-0.05, 0) is 31.4 Å². The fraction of sp³-hybridized carbons (Fsp3) is 0.455. The Balaban J connectivity index is 2.63. The lowest BCUT2D eigenvalue weighted by atomic mass is 9.90. The van der Waals surface area contributed by atoms with Crippen molar-refractivity contribution < 1.29 is 4.92 Å². The van der Waals surface area contributed by atoms with E-state index < -0.39 is 0 Å². The van der Waals surface area contributed by atoms with Gasteiger partial charge in [-0.1, -0.05) is 6.07 Å². The van der Waals surface area contributed by atoms with Crippen LogP contribution in [-0.2, 0) is 6.42 Å². The lowest BCUT2D eigenvalue weighted by Crippen LogP contribution is -2.29. The fourth-order valence-corrected chi connectivity index (χ4v) is 2.32. The van der Waals surface area contributed by atoms with E-state index in [9.17, 15) is 10.1 Å². The van der Waals surface area contributed by atoms with Gasteiger partial charge >= 0.3 is 0 Å². The van der Waals surface area contributed by atoms with Gasteiger partial charge in [-0.15, -0.1) is 0 Å². The second-order valence-electron chi connectivity index (χ2n) is 3.98. The molecule has 0 radical (unpaired) electrons. The second-order valence-corrected chi connectivity index (χ2v) is 3.98. The summed E-state index contributed by atoms with van der Waals surface area (Å²) >= 11 is 0. The molecule has 0 saturated carbocycles. The number of nitro groups is 1. The summed E-state index contributed by atoms with van der Waals surface area (Å²) in [6.07, 6.45) is 0.748. The van der Waals surface area contributed by atoms with E-state index in [0.717, 1.165) is 29.7 Å². The van der Waals surface area contributed by atoms with Crippen molar-refractivity contribution in [2.75, 3.05) is 6.54 Å². The van der Waals surface area contributed by atoms with Crippen LogP contribution in [0, 0.1) is 17.0 Å². The van der Waals surface area contributed by atoms with Crippen LogP contribution < -0.4 is 5.32 Å². The minimum Gasteiger partial charge on any atom is -0.310 e.